The third-order valence-electron chi connectivity index (χ3n) is 4.87. The van der Waals surface area contributed by atoms with Gasteiger partial charge in [0.15, 0.2) is 17.3 Å². The third-order valence-corrected chi connectivity index (χ3v) is 4.87. The van der Waals surface area contributed by atoms with Crippen LogP contribution in [0.25, 0.3) is 16.4 Å². The van der Waals surface area contributed by atoms with Gasteiger partial charge in [0.2, 0.25) is 0 Å². The zero-order valence-corrected chi connectivity index (χ0v) is 17.4. The van der Waals surface area contributed by atoms with Crippen LogP contribution in [0.5, 0.6) is 0 Å². The Labute approximate surface area is 185 Å². The molecule has 2 aromatic carbocycles. The number of carbonyl (C=O) groups excluding carboxylic acids is 1. The highest BCUT2D eigenvalue weighted by atomic mass is 16.1. The van der Waals surface area contributed by atoms with Gasteiger partial charge in [-0.1, -0.05) is 30.3 Å². The highest BCUT2D eigenvalue weighted by Crippen LogP contribution is 2.16. The molecule has 0 saturated heterocycles. The van der Waals surface area contributed by atoms with Gasteiger partial charge in [-0.25, -0.2) is 14.8 Å². The summed E-state index contributed by atoms with van der Waals surface area (Å²) in [6.45, 7) is 7.82. The first-order valence-corrected chi connectivity index (χ1v) is 9.87. The SMILES string of the molecule is [C-]#[N+]c1ccc(CNC(=O)c2cccc(NCc3nnc(-c4ccncn4)n3C)c2)cc1. The van der Waals surface area contributed by atoms with E-state index in [4.69, 9.17) is 6.57 Å². The minimum atomic E-state index is -0.174. The predicted octanol–water partition coefficient (Wildman–Crippen LogP) is 3.36. The topological polar surface area (TPSA) is 102 Å². The molecule has 0 aliphatic carbocycles. The van der Waals surface area contributed by atoms with E-state index in [0.29, 0.717) is 35.9 Å². The summed E-state index contributed by atoms with van der Waals surface area (Å²) in [5.74, 6) is 1.21. The molecule has 2 aromatic heterocycles. The summed E-state index contributed by atoms with van der Waals surface area (Å²) in [6, 6.07) is 16.2. The van der Waals surface area contributed by atoms with Crippen LogP contribution < -0.4 is 10.6 Å². The molecule has 0 aliphatic rings. The quantitative estimate of drug-likeness (QED) is 0.441. The van der Waals surface area contributed by atoms with E-state index in [1.807, 2.05) is 35.9 Å². The lowest BCUT2D eigenvalue weighted by Crippen LogP contribution is -2.22. The largest absolute Gasteiger partial charge is 0.378 e. The number of rotatable bonds is 7. The van der Waals surface area contributed by atoms with Gasteiger partial charge in [0.1, 0.15) is 12.0 Å². The second-order valence-corrected chi connectivity index (χ2v) is 6.99. The van der Waals surface area contributed by atoms with Crippen molar-refractivity contribution in [3.63, 3.8) is 0 Å². The Morgan fingerprint density at radius 1 is 1.09 bits per heavy atom. The molecule has 0 unspecified atom stereocenters. The summed E-state index contributed by atoms with van der Waals surface area (Å²) >= 11 is 0. The molecule has 0 aliphatic heterocycles. The zero-order chi connectivity index (χ0) is 22.3. The van der Waals surface area contributed by atoms with E-state index in [9.17, 15) is 4.79 Å². The van der Waals surface area contributed by atoms with Crippen LogP contribution in [0.3, 0.4) is 0 Å². The first-order valence-electron chi connectivity index (χ1n) is 9.87. The fraction of sp³-hybridized carbons (Fsp3) is 0.130. The number of hydrogen-bond acceptors (Lipinski definition) is 6. The molecule has 4 rings (SSSR count). The lowest BCUT2D eigenvalue weighted by Gasteiger charge is -2.09. The summed E-state index contributed by atoms with van der Waals surface area (Å²) in [6.07, 6.45) is 3.13. The molecule has 2 N–H and O–H groups in total. The number of nitrogens with zero attached hydrogens (tertiary/aromatic N) is 6. The van der Waals surface area contributed by atoms with Crippen molar-refractivity contribution in [2.45, 2.75) is 13.1 Å². The van der Waals surface area contributed by atoms with E-state index in [1.165, 1.54) is 6.33 Å². The molecular formula is C23H20N8O. The fourth-order valence-electron chi connectivity index (χ4n) is 3.09. The number of carbonyl (C=O) groups is 1. The Morgan fingerprint density at radius 2 is 1.94 bits per heavy atom. The molecule has 158 valence electrons. The Hall–Kier alpha value is -4.58. The minimum absolute atomic E-state index is 0.174. The molecule has 1 amide bonds. The summed E-state index contributed by atoms with van der Waals surface area (Å²) in [4.78, 5) is 24.0. The van der Waals surface area contributed by atoms with Crippen LogP contribution in [0.4, 0.5) is 11.4 Å². The number of nitrogens with one attached hydrogen (secondary N) is 2. The number of hydrogen-bond donors (Lipinski definition) is 2. The van der Waals surface area contributed by atoms with E-state index in [-0.39, 0.29) is 5.91 Å². The maximum atomic E-state index is 12.6. The molecule has 0 spiro atoms. The van der Waals surface area contributed by atoms with E-state index in [1.54, 1.807) is 36.5 Å². The van der Waals surface area contributed by atoms with Crippen LogP contribution in [-0.2, 0) is 20.1 Å². The van der Waals surface area contributed by atoms with Gasteiger partial charge < -0.3 is 15.2 Å². The molecule has 0 atom stereocenters. The van der Waals surface area contributed by atoms with Gasteiger partial charge in [0.05, 0.1) is 13.1 Å². The Bertz CT molecular complexity index is 1260. The molecule has 4 aromatic rings. The lowest BCUT2D eigenvalue weighted by molar-refractivity contribution is 0.0951. The maximum Gasteiger partial charge on any atom is 0.251 e. The van der Waals surface area contributed by atoms with Crippen molar-refractivity contribution >= 4 is 17.3 Å². The van der Waals surface area contributed by atoms with Crippen molar-refractivity contribution < 1.29 is 4.79 Å². The lowest BCUT2D eigenvalue weighted by atomic mass is 10.1. The highest BCUT2D eigenvalue weighted by Gasteiger charge is 2.12. The second kappa shape index (κ2) is 9.49. The summed E-state index contributed by atoms with van der Waals surface area (Å²) in [5.41, 5.74) is 3.55. The normalized spacial score (nSPS) is 10.4. The first kappa shape index (κ1) is 20.7. The standard InChI is InChI=1S/C23H20N8O/c1-24-18-8-6-16(7-9-18)13-27-23(32)17-4-3-5-19(12-17)26-14-21-29-30-22(31(21)2)20-10-11-25-15-28-20/h3-12,15,26H,13-14H2,2H3,(H,27,32). The van der Waals surface area contributed by atoms with Crippen LogP contribution >= 0.6 is 0 Å². The number of aromatic nitrogens is 5. The molecule has 9 nitrogen and oxygen atoms in total. The average molecular weight is 424 g/mol. The Kier molecular flexibility index (Phi) is 6.13. The molecule has 0 bridgehead atoms. The van der Waals surface area contributed by atoms with Crippen molar-refractivity contribution in [2.24, 2.45) is 7.05 Å². The minimum Gasteiger partial charge on any atom is -0.378 e. The second-order valence-electron chi connectivity index (χ2n) is 6.99. The van der Waals surface area contributed by atoms with E-state index >= 15 is 0 Å². The monoisotopic (exact) mass is 424 g/mol. The van der Waals surface area contributed by atoms with Crippen LogP contribution in [0.2, 0.25) is 0 Å². The Balaban J connectivity index is 1.37. The van der Waals surface area contributed by atoms with Gasteiger partial charge in [-0.3, -0.25) is 4.79 Å². The molecule has 9 heteroatoms. The van der Waals surface area contributed by atoms with Gasteiger partial charge in [-0.05, 0) is 29.8 Å². The van der Waals surface area contributed by atoms with Crippen molar-refractivity contribution in [1.29, 1.82) is 0 Å². The maximum absolute atomic E-state index is 12.6. The third kappa shape index (κ3) is 4.76. The van der Waals surface area contributed by atoms with Gasteiger partial charge in [-0.15, -0.1) is 10.2 Å². The molecule has 0 radical (unpaired) electrons. The van der Waals surface area contributed by atoms with Crippen LogP contribution in [0.1, 0.15) is 21.7 Å². The molecule has 2 heterocycles. The van der Waals surface area contributed by atoms with E-state index < -0.39 is 0 Å². The van der Waals surface area contributed by atoms with Crippen LogP contribution in [-0.4, -0.2) is 30.6 Å². The van der Waals surface area contributed by atoms with Gasteiger partial charge in [0, 0.05) is 31.0 Å². The van der Waals surface area contributed by atoms with Gasteiger partial charge in [0.25, 0.3) is 5.91 Å². The van der Waals surface area contributed by atoms with Crippen molar-refractivity contribution in [2.75, 3.05) is 5.32 Å². The van der Waals surface area contributed by atoms with Crippen molar-refractivity contribution in [3.8, 4) is 11.5 Å². The van der Waals surface area contributed by atoms with Gasteiger partial charge in [-0.2, -0.15) is 0 Å². The van der Waals surface area contributed by atoms with Crippen molar-refractivity contribution in [3.05, 3.63) is 95.5 Å². The molecule has 32 heavy (non-hydrogen) atoms. The summed E-state index contributed by atoms with van der Waals surface area (Å²) < 4.78 is 1.87. The van der Waals surface area contributed by atoms with Gasteiger partial charge >= 0.3 is 0 Å². The summed E-state index contributed by atoms with van der Waals surface area (Å²) in [5, 5.41) is 14.6. The van der Waals surface area contributed by atoms with Crippen LogP contribution in [0.15, 0.2) is 67.1 Å². The number of anilines is 1. The smallest absolute Gasteiger partial charge is 0.251 e. The summed E-state index contributed by atoms with van der Waals surface area (Å²) in [7, 11) is 1.88. The Morgan fingerprint density at radius 3 is 2.69 bits per heavy atom. The zero-order valence-electron chi connectivity index (χ0n) is 17.4. The van der Waals surface area contributed by atoms with E-state index in [0.717, 1.165) is 17.1 Å². The molecule has 0 saturated carbocycles. The first-order chi connectivity index (χ1) is 15.6. The highest BCUT2D eigenvalue weighted by molar-refractivity contribution is 5.95. The fourth-order valence-corrected chi connectivity index (χ4v) is 3.09. The van der Waals surface area contributed by atoms with Crippen molar-refractivity contribution in [1.82, 2.24) is 30.0 Å². The molecular weight excluding hydrogens is 404 g/mol. The van der Waals surface area contributed by atoms with Crippen LogP contribution in [0, 0.1) is 6.57 Å². The number of benzene rings is 2. The number of amides is 1. The van der Waals surface area contributed by atoms with E-state index in [2.05, 4.69) is 35.6 Å². The molecule has 0 fully saturated rings. The average Bonchev–Trinajstić information content (AvgIpc) is 3.22. The predicted molar refractivity (Wildman–Crippen MR) is 120 cm³/mol.